The number of nitrogens with one attached hydrogen (secondary N) is 1. The molecule has 1 aromatic heterocycles. The maximum absolute atomic E-state index is 12.5. The number of fused-ring (bicyclic) bond motifs is 1. The number of aromatic nitrogens is 1. The zero-order valence-corrected chi connectivity index (χ0v) is 13.1. The number of carbonyl (C=O) groups excluding carboxylic acids is 1. The van der Waals surface area contributed by atoms with Crippen LogP contribution in [0.2, 0.25) is 0 Å². The van der Waals surface area contributed by atoms with Crippen molar-refractivity contribution < 1.29 is 4.79 Å². The first-order chi connectivity index (χ1) is 10.7. The highest BCUT2D eigenvalue weighted by atomic mass is 16.2. The van der Waals surface area contributed by atoms with Crippen LogP contribution in [-0.2, 0) is 11.2 Å². The zero-order valence-electron chi connectivity index (χ0n) is 13.1. The lowest BCUT2D eigenvalue weighted by Crippen LogP contribution is -2.53. The van der Waals surface area contributed by atoms with Gasteiger partial charge in [0.1, 0.15) is 0 Å². The molecule has 22 heavy (non-hydrogen) atoms. The van der Waals surface area contributed by atoms with Crippen LogP contribution in [0.1, 0.15) is 12.5 Å². The van der Waals surface area contributed by atoms with Crippen LogP contribution in [0.5, 0.6) is 0 Å². The average molecular weight is 300 g/mol. The maximum atomic E-state index is 12.5. The molecule has 0 aliphatic carbocycles. The second-order valence-electron chi connectivity index (χ2n) is 5.93. The molecule has 2 heterocycles. The first-order valence-corrected chi connectivity index (χ1v) is 8.00. The zero-order chi connectivity index (χ0) is 15.5. The SMILES string of the molecule is CCN1CCN(C(=O)[C@@H](N)Cc2c[nH]c3ccccc23)CC1. The Bertz CT molecular complexity index is 643. The molecule has 0 radical (unpaired) electrons. The maximum Gasteiger partial charge on any atom is 0.239 e. The molecule has 1 saturated heterocycles. The Balaban J connectivity index is 1.64. The van der Waals surface area contributed by atoms with E-state index in [4.69, 9.17) is 5.73 Å². The third kappa shape index (κ3) is 3.00. The van der Waals surface area contributed by atoms with Crippen molar-refractivity contribution in [1.82, 2.24) is 14.8 Å². The van der Waals surface area contributed by atoms with E-state index in [1.807, 2.05) is 29.3 Å². The van der Waals surface area contributed by atoms with Crippen LogP contribution >= 0.6 is 0 Å². The fourth-order valence-electron chi connectivity index (χ4n) is 3.14. The summed E-state index contributed by atoms with van der Waals surface area (Å²) < 4.78 is 0. The van der Waals surface area contributed by atoms with Gasteiger partial charge in [0.05, 0.1) is 6.04 Å². The number of rotatable bonds is 4. The van der Waals surface area contributed by atoms with E-state index < -0.39 is 6.04 Å². The van der Waals surface area contributed by atoms with Gasteiger partial charge in [0.25, 0.3) is 0 Å². The van der Waals surface area contributed by atoms with Crippen molar-refractivity contribution in [1.29, 1.82) is 0 Å². The Labute approximate surface area is 131 Å². The smallest absolute Gasteiger partial charge is 0.239 e. The summed E-state index contributed by atoms with van der Waals surface area (Å²) in [5.41, 5.74) is 8.38. The van der Waals surface area contributed by atoms with Gasteiger partial charge in [-0.3, -0.25) is 4.79 Å². The molecule has 1 fully saturated rings. The van der Waals surface area contributed by atoms with Crippen molar-refractivity contribution in [2.75, 3.05) is 32.7 Å². The summed E-state index contributed by atoms with van der Waals surface area (Å²) in [6.07, 6.45) is 2.55. The fourth-order valence-corrected chi connectivity index (χ4v) is 3.14. The molecule has 1 amide bonds. The van der Waals surface area contributed by atoms with E-state index >= 15 is 0 Å². The van der Waals surface area contributed by atoms with Crippen LogP contribution in [0.25, 0.3) is 10.9 Å². The average Bonchev–Trinajstić information content (AvgIpc) is 2.97. The number of H-pyrrole nitrogens is 1. The largest absolute Gasteiger partial charge is 0.361 e. The molecule has 0 saturated carbocycles. The minimum atomic E-state index is -0.465. The standard InChI is InChI=1S/C17H24N4O/c1-2-20-7-9-21(10-8-20)17(22)15(18)11-13-12-19-16-6-4-3-5-14(13)16/h3-6,12,15,19H,2,7-11,18H2,1H3/t15-/m0/s1. The number of nitrogens with zero attached hydrogens (tertiary/aromatic N) is 2. The van der Waals surface area contributed by atoms with Crippen LogP contribution in [0, 0.1) is 0 Å². The van der Waals surface area contributed by atoms with E-state index in [9.17, 15) is 4.79 Å². The number of hydrogen-bond donors (Lipinski definition) is 2. The third-order valence-electron chi connectivity index (χ3n) is 4.56. The van der Waals surface area contributed by atoms with Gasteiger partial charge >= 0.3 is 0 Å². The Morgan fingerprint density at radius 3 is 2.73 bits per heavy atom. The Kier molecular flexibility index (Phi) is 4.45. The molecule has 2 aromatic rings. The highest BCUT2D eigenvalue weighted by Gasteiger charge is 2.25. The fraction of sp³-hybridized carbons (Fsp3) is 0.471. The number of piperazine rings is 1. The molecule has 3 rings (SSSR count). The Hall–Kier alpha value is -1.85. The molecule has 1 aliphatic heterocycles. The van der Waals surface area contributed by atoms with Gasteiger partial charge in [-0.2, -0.15) is 0 Å². The van der Waals surface area contributed by atoms with E-state index in [2.05, 4.69) is 22.9 Å². The van der Waals surface area contributed by atoms with Crippen LogP contribution in [0.15, 0.2) is 30.5 Å². The summed E-state index contributed by atoms with van der Waals surface area (Å²) in [4.78, 5) is 20.0. The molecule has 1 aliphatic rings. The van der Waals surface area contributed by atoms with Crippen molar-refractivity contribution >= 4 is 16.8 Å². The summed E-state index contributed by atoms with van der Waals surface area (Å²) in [6.45, 7) is 6.66. The van der Waals surface area contributed by atoms with Crippen LogP contribution < -0.4 is 5.73 Å². The van der Waals surface area contributed by atoms with Crippen molar-refractivity contribution in [2.24, 2.45) is 5.73 Å². The van der Waals surface area contributed by atoms with Crippen LogP contribution in [0.3, 0.4) is 0 Å². The molecule has 5 nitrogen and oxygen atoms in total. The summed E-state index contributed by atoms with van der Waals surface area (Å²) in [6, 6.07) is 7.65. The molecule has 0 spiro atoms. The molecule has 3 N–H and O–H groups in total. The Morgan fingerprint density at radius 1 is 1.27 bits per heavy atom. The van der Waals surface area contributed by atoms with Gasteiger partial charge < -0.3 is 20.5 Å². The minimum absolute atomic E-state index is 0.0704. The number of nitrogens with two attached hydrogens (primary N) is 1. The molecular formula is C17H24N4O. The van der Waals surface area contributed by atoms with Gasteiger partial charge in [-0.25, -0.2) is 0 Å². The second kappa shape index (κ2) is 6.50. The number of hydrogen-bond acceptors (Lipinski definition) is 3. The lowest BCUT2D eigenvalue weighted by Gasteiger charge is -2.35. The normalized spacial score (nSPS) is 17.8. The van der Waals surface area contributed by atoms with Gasteiger partial charge in [-0.05, 0) is 24.6 Å². The molecule has 1 aromatic carbocycles. The molecule has 0 unspecified atom stereocenters. The van der Waals surface area contributed by atoms with E-state index in [0.717, 1.165) is 49.2 Å². The summed E-state index contributed by atoms with van der Waals surface area (Å²) in [7, 11) is 0. The Morgan fingerprint density at radius 2 is 2.00 bits per heavy atom. The second-order valence-corrected chi connectivity index (χ2v) is 5.93. The number of para-hydroxylation sites is 1. The monoisotopic (exact) mass is 300 g/mol. The highest BCUT2D eigenvalue weighted by Crippen LogP contribution is 2.19. The van der Waals surface area contributed by atoms with Crippen molar-refractivity contribution in [3.05, 3.63) is 36.0 Å². The predicted octanol–water partition coefficient (Wildman–Crippen LogP) is 1.20. The first-order valence-electron chi connectivity index (χ1n) is 8.00. The number of amides is 1. The quantitative estimate of drug-likeness (QED) is 0.892. The number of likely N-dealkylation sites (N-methyl/N-ethyl adjacent to an activating group) is 1. The number of carbonyl (C=O) groups is 1. The van der Waals surface area contributed by atoms with E-state index in [1.165, 1.54) is 0 Å². The summed E-state index contributed by atoms with van der Waals surface area (Å²) in [5, 5.41) is 1.15. The predicted molar refractivity (Wildman–Crippen MR) is 88.7 cm³/mol. The number of benzene rings is 1. The van der Waals surface area contributed by atoms with Crippen LogP contribution in [-0.4, -0.2) is 59.5 Å². The molecule has 1 atom stereocenters. The summed E-state index contributed by atoms with van der Waals surface area (Å²) in [5.74, 6) is 0.0704. The summed E-state index contributed by atoms with van der Waals surface area (Å²) >= 11 is 0. The van der Waals surface area contributed by atoms with Crippen molar-refractivity contribution in [3.63, 3.8) is 0 Å². The third-order valence-corrected chi connectivity index (χ3v) is 4.56. The number of aromatic amines is 1. The van der Waals surface area contributed by atoms with Gasteiger partial charge in [-0.15, -0.1) is 0 Å². The van der Waals surface area contributed by atoms with E-state index in [-0.39, 0.29) is 5.91 Å². The van der Waals surface area contributed by atoms with E-state index in [0.29, 0.717) is 6.42 Å². The minimum Gasteiger partial charge on any atom is -0.361 e. The van der Waals surface area contributed by atoms with Crippen molar-refractivity contribution in [2.45, 2.75) is 19.4 Å². The van der Waals surface area contributed by atoms with Gasteiger partial charge in [0, 0.05) is 43.3 Å². The highest BCUT2D eigenvalue weighted by molar-refractivity contribution is 5.86. The lowest BCUT2D eigenvalue weighted by molar-refractivity contribution is -0.134. The molecule has 118 valence electrons. The van der Waals surface area contributed by atoms with Gasteiger partial charge in [0.15, 0.2) is 0 Å². The topological polar surface area (TPSA) is 65.4 Å². The van der Waals surface area contributed by atoms with Gasteiger partial charge in [-0.1, -0.05) is 25.1 Å². The lowest BCUT2D eigenvalue weighted by atomic mass is 10.0. The van der Waals surface area contributed by atoms with E-state index in [1.54, 1.807) is 0 Å². The molecule has 5 heteroatoms. The van der Waals surface area contributed by atoms with Crippen molar-refractivity contribution in [3.8, 4) is 0 Å². The molecule has 0 bridgehead atoms. The first kappa shape index (κ1) is 15.1. The molecular weight excluding hydrogens is 276 g/mol. The van der Waals surface area contributed by atoms with Gasteiger partial charge in [0.2, 0.25) is 5.91 Å². The van der Waals surface area contributed by atoms with Crippen LogP contribution in [0.4, 0.5) is 0 Å².